The zero-order valence-corrected chi connectivity index (χ0v) is 16.5. The number of hydrogen-bond donors (Lipinski definition) is 2. The van der Waals surface area contributed by atoms with E-state index in [2.05, 4.69) is 33.7 Å². The van der Waals surface area contributed by atoms with Gasteiger partial charge in [0.15, 0.2) is 4.77 Å². The van der Waals surface area contributed by atoms with Crippen molar-refractivity contribution in [2.75, 3.05) is 18.0 Å². The number of anilines is 1. The van der Waals surface area contributed by atoms with Gasteiger partial charge in [0.2, 0.25) is 10.7 Å². The molecule has 0 radical (unpaired) electrons. The minimum absolute atomic E-state index is 0. The van der Waals surface area contributed by atoms with Gasteiger partial charge in [-0.05, 0) is 37.3 Å². The average molecular weight is 324 g/mol. The van der Waals surface area contributed by atoms with E-state index in [9.17, 15) is 0 Å². The smallest absolute Gasteiger partial charge is 1.00 e. The summed E-state index contributed by atoms with van der Waals surface area (Å²) in [6.45, 7) is 6.45. The summed E-state index contributed by atoms with van der Waals surface area (Å²) >= 11 is 10.2. The first-order chi connectivity index (χ1) is 9.17. The Morgan fingerprint density at radius 1 is 1.00 bits per heavy atom. The van der Waals surface area contributed by atoms with Crippen LogP contribution in [0.5, 0.6) is 0 Å². The van der Waals surface area contributed by atoms with E-state index in [1.54, 1.807) is 0 Å². The predicted octanol–water partition coefficient (Wildman–Crippen LogP) is 1.50. The first kappa shape index (κ1) is 20.2. The van der Waals surface area contributed by atoms with Gasteiger partial charge in [-0.2, -0.15) is 4.98 Å². The minimum Gasteiger partial charge on any atom is -1.00 e. The number of rotatable bonds is 9. The Hall–Kier alpha value is 0.250. The largest absolute Gasteiger partial charge is 1.00 e. The van der Waals surface area contributed by atoms with E-state index in [1.165, 1.54) is 38.5 Å². The van der Waals surface area contributed by atoms with Gasteiger partial charge >= 0.3 is 29.6 Å². The number of nitrogens with one attached hydrogen (secondary N) is 2. The number of unbranched alkanes of at least 4 members (excludes halogenated alkanes) is 4. The molecule has 0 aliphatic heterocycles. The first-order valence-corrected chi connectivity index (χ1v) is 7.94. The molecule has 2 N–H and O–H groups in total. The maximum Gasteiger partial charge on any atom is 1.00 e. The molecule has 0 aliphatic rings. The molecule has 0 spiro atoms. The van der Waals surface area contributed by atoms with Crippen LogP contribution in [-0.2, 0) is 0 Å². The first-order valence-electron chi connectivity index (χ1n) is 7.13. The molecule has 20 heavy (non-hydrogen) atoms. The third kappa shape index (κ3) is 7.88. The maximum absolute atomic E-state index is 5.13. The summed E-state index contributed by atoms with van der Waals surface area (Å²) in [6.07, 6.45) is 7.28. The van der Waals surface area contributed by atoms with E-state index in [4.69, 9.17) is 24.4 Å². The fourth-order valence-corrected chi connectivity index (χ4v) is 2.40. The molecule has 7 heteroatoms. The van der Waals surface area contributed by atoms with Gasteiger partial charge in [-0.1, -0.05) is 39.5 Å². The van der Waals surface area contributed by atoms with Crippen LogP contribution in [0, 0.1) is 9.54 Å². The summed E-state index contributed by atoms with van der Waals surface area (Å²) in [4.78, 5) is 12.6. The zero-order chi connectivity index (χ0) is 14.1. The van der Waals surface area contributed by atoms with E-state index in [0.29, 0.717) is 9.54 Å². The second-order valence-electron chi connectivity index (χ2n) is 4.72. The molecule has 0 fully saturated rings. The predicted molar refractivity (Wildman–Crippen MR) is 87.0 cm³/mol. The van der Waals surface area contributed by atoms with Gasteiger partial charge in [-0.3, -0.25) is 0 Å². The Balaban J connectivity index is 0. The van der Waals surface area contributed by atoms with Crippen molar-refractivity contribution in [3.8, 4) is 0 Å². The SMILES string of the molecule is CCCCCN(CCCCC)c1nc(=S)[nH]c(=S)[nH]1.[H-].[Na+]. The van der Waals surface area contributed by atoms with Crippen molar-refractivity contribution in [3.05, 3.63) is 9.54 Å². The van der Waals surface area contributed by atoms with Gasteiger partial charge in [-0.25, -0.2) is 0 Å². The molecule has 0 amide bonds. The van der Waals surface area contributed by atoms with E-state index in [-0.39, 0.29) is 31.0 Å². The van der Waals surface area contributed by atoms with E-state index in [0.717, 1.165) is 19.0 Å². The molecule has 0 bridgehead atoms. The summed E-state index contributed by atoms with van der Waals surface area (Å²) in [6, 6.07) is 0. The van der Waals surface area contributed by atoms with Crippen LogP contribution >= 0.6 is 24.4 Å². The zero-order valence-electron chi connectivity index (χ0n) is 13.9. The normalized spacial score (nSPS) is 10.1. The number of nitrogens with zero attached hydrogens (tertiary/aromatic N) is 2. The third-order valence-electron chi connectivity index (χ3n) is 3.02. The second-order valence-corrected chi connectivity index (χ2v) is 5.52. The van der Waals surface area contributed by atoms with Crippen molar-refractivity contribution in [2.45, 2.75) is 52.4 Å². The van der Waals surface area contributed by atoms with Crippen LogP contribution in [0.15, 0.2) is 0 Å². The van der Waals surface area contributed by atoms with E-state index < -0.39 is 0 Å². The molecule has 0 saturated carbocycles. The Labute approximate surface area is 155 Å². The molecular formula is C13H25N4NaS2. The number of aromatic amines is 2. The molecule has 0 atom stereocenters. The third-order valence-corrected chi connectivity index (χ3v) is 3.41. The molecule has 0 saturated heterocycles. The van der Waals surface area contributed by atoms with Crippen LogP contribution in [0.25, 0.3) is 0 Å². The fraction of sp³-hybridized carbons (Fsp3) is 0.769. The van der Waals surface area contributed by atoms with Crippen molar-refractivity contribution in [1.29, 1.82) is 0 Å². The number of aromatic nitrogens is 3. The van der Waals surface area contributed by atoms with Crippen LogP contribution in [0.3, 0.4) is 0 Å². The van der Waals surface area contributed by atoms with Crippen molar-refractivity contribution in [1.82, 2.24) is 15.0 Å². The van der Waals surface area contributed by atoms with Crippen LogP contribution in [-0.4, -0.2) is 28.0 Å². The monoisotopic (exact) mass is 324 g/mol. The Kier molecular flexibility index (Phi) is 12.0. The van der Waals surface area contributed by atoms with Crippen molar-refractivity contribution >= 4 is 30.4 Å². The molecule has 110 valence electrons. The van der Waals surface area contributed by atoms with Crippen LogP contribution in [0.2, 0.25) is 0 Å². The van der Waals surface area contributed by atoms with E-state index in [1.807, 2.05) is 0 Å². The van der Waals surface area contributed by atoms with Gasteiger partial charge in [0, 0.05) is 13.1 Å². The summed E-state index contributed by atoms with van der Waals surface area (Å²) in [5, 5.41) is 0. The van der Waals surface area contributed by atoms with Crippen LogP contribution < -0.4 is 34.5 Å². The molecule has 1 aromatic rings. The summed E-state index contributed by atoms with van der Waals surface area (Å²) < 4.78 is 1.00. The van der Waals surface area contributed by atoms with Crippen LogP contribution in [0.4, 0.5) is 5.95 Å². The number of H-pyrrole nitrogens is 2. The molecule has 1 rings (SSSR count). The van der Waals surface area contributed by atoms with E-state index >= 15 is 0 Å². The molecular weight excluding hydrogens is 299 g/mol. The standard InChI is InChI=1S/C13H24N4S2.Na.H/c1-3-5-7-9-17(10-8-6-4-2)11-14-12(18)16-13(19)15-11;;/h3-10H2,1-2H3,(H2,14,15,16,18,19);;/q;+1;-1. The minimum atomic E-state index is 0. The quantitative estimate of drug-likeness (QED) is 0.411. The Morgan fingerprint density at radius 2 is 1.55 bits per heavy atom. The molecule has 1 heterocycles. The number of hydrogen-bond acceptors (Lipinski definition) is 4. The molecule has 0 aromatic carbocycles. The van der Waals surface area contributed by atoms with Gasteiger partial charge in [0.25, 0.3) is 0 Å². The van der Waals surface area contributed by atoms with Gasteiger partial charge in [0.1, 0.15) is 0 Å². The molecule has 4 nitrogen and oxygen atoms in total. The fourth-order valence-electron chi connectivity index (χ4n) is 1.96. The van der Waals surface area contributed by atoms with Crippen molar-refractivity contribution in [2.24, 2.45) is 0 Å². The molecule has 0 unspecified atom stereocenters. The second kappa shape index (κ2) is 11.9. The Morgan fingerprint density at radius 3 is 2.00 bits per heavy atom. The summed E-state index contributed by atoms with van der Waals surface area (Å²) in [5.74, 6) is 0.806. The average Bonchev–Trinajstić information content (AvgIpc) is 2.36. The Bertz CT molecular complexity index is 439. The topological polar surface area (TPSA) is 47.7 Å². The van der Waals surface area contributed by atoms with Gasteiger partial charge in [-0.15, -0.1) is 0 Å². The summed E-state index contributed by atoms with van der Waals surface area (Å²) in [7, 11) is 0. The van der Waals surface area contributed by atoms with Gasteiger partial charge in [0.05, 0.1) is 0 Å². The van der Waals surface area contributed by atoms with Crippen molar-refractivity contribution < 1.29 is 31.0 Å². The van der Waals surface area contributed by atoms with Crippen LogP contribution in [0.1, 0.15) is 53.8 Å². The molecule has 1 aromatic heterocycles. The van der Waals surface area contributed by atoms with Crippen molar-refractivity contribution in [3.63, 3.8) is 0 Å². The maximum atomic E-state index is 5.13. The molecule has 0 aliphatic carbocycles. The van der Waals surface area contributed by atoms with Gasteiger partial charge < -0.3 is 16.3 Å². The summed E-state index contributed by atoms with van der Waals surface area (Å²) in [5.41, 5.74) is 0.